The Labute approximate surface area is 178 Å². The molecule has 1 heterocycles. The van der Waals surface area contributed by atoms with Crippen molar-refractivity contribution in [3.63, 3.8) is 0 Å². The second kappa shape index (κ2) is 9.47. The van der Waals surface area contributed by atoms with Gasteiger partial charge in [-0.3, -0.25) is 4.79 Å². The van der Waals surface area contributed by atoms with Crippen molar-refractivity contribution in [3.05, 3.63) is 59.9 Å². The molecule has 1 saturated heterocycles. The molecule has 3 rings (SSSR count). The molecule has 0 saturated carbocycles. The average molecular weight is 414 g/mol. The van der Waals surface area contributed by atoms with E-state index in [0.717, 1.165) is 30.1 Å². The van der Waals surface area contributed by atoms with Crippen molar-refractivity contribution in [1.82, 2.24) is 10.2 Å². The maximum Gasteiger partial charge on any atom is 0.236 e. The largest absolute Gasteiger partial charge is 0.497 e. The van der Waals surface area contributed by atoms with E-state index in [1.807, 2.05) is 17.0 Å². The molecule has 0 bridgehead atoms. The molecule has 1 aliphatic heterocycles. The Hall–Kier alpha value is -2.60. The summed E-state index contributed by atoms with van der Waals surface area (Å²) in [6.07, 6.45) is 0. The summed E-state index contributed by atoms with van der Waals surface area (Å²) in [4.78, 5) is 17.0. The third-order valence-electron chi connectivity index (χ3n) is 5.60. The van der Waals surface area contributed by atoms with Gasteiger partial charge in [-0.05, 0) is 47.4 Å². The third kappa shape index (κ3) is 5.51. The highest BCUT2D eigenvalue weighted by atomic mass is 19.1. The van der Waals surface area contributed by atoms with E-state index in [0.29, 0.717) is 13.1 Å². The minimum Gasteiger partial charge on any atom is -0.497 e. The quantitative estimate of drug-likeness (QED) is 0.781. The fraction of sp³-hybridized carbons (Fsp3) is 0.458. The van der Waals surface area contributed by atoms with Gasteiger partial charge >= 0.3 is 0 Å². The number of rotatable bonds is 6. The molecule has 0 aliphatic carbocycles. The van der Waals surface area contributed by atoms with E-state index >= 15 is 0 Å². The van der Waals surface area contributed by atoms with Gasteiger partial charge in [0.25, 0.3) is 0 Å². The van der Waals surface area contributed by atoms with Crippen LogP contribution < -0.4 is 15.0 Å². The van der Waals surface area contributed by atoms with Gasteiger partial charge in [-0.25, -0.2) is 4.39 Å². The first-order valence-corrected chi connectivity index (χ1v) is 10.4. The molecular formula is C24H32FN3O2. The molecule has 1 unspecified atom stereocenters. The van der Waals surface area contributed by atoms with Crippen LogP contribution in [-0.4, -0.2) is 50.6 Å². The summed E-state index contributed by atoms with van der Waals surface area (Å²) >= 11 is 0. The minimum atomic E-state index is -0.253. The van der Waals surface area contributed by atoms with E-state index in [-0.39, 0.29) is 29.7 Å². The summed E-state index contributed by atoms with van der Waals surface area (Å²) in [5.74, 6) is 0.686. The van der Waals surface area contributed by atoms with Gasteiger partial charge in [0.15, 0.2) is 0 Å². The number of benzene rings is 2. The Morgan fingerprint density at radius 1 is 1.03 bits per heavy atom. The normalized spacial score (nSPS) is 15.8. The molecule has 2 aromatic rings. The molecule has 1 fully saturated rings. The fourth-order valence-corrected chi connectivity index (χ4v) is 3.89. The van der Waals surface area contributed by atoms with Gasteiger partial charge in [-0.15, -0.1) is 0 Å². The predicted octanol–water partition coefficient (Wildman–Crippen LogP) is 3.86. The maximum atomic E-state index is 13.3. The zero-order valence-electron chi connectivity index (χ0n) is 18.3. The van der Waals surface area contributed by atoms with E-state index in [1.165, 1.54) is 12.1 Å². The Bertz CT molecular complexity index is 823. The lowest BCUT2D eigenvalue weighted by Gasteiger charge is -2.37. The Morgan fingerprint density at radius 3 is 2.17 bits per heavy atom. The number of nitrogens with zero attached hydrogens (tertiary/aromatic N) is 2. The first-order valence-electron chi connectivity index (χ1n) is 10.4. The Morgan fingerprint density at radius 2 is 1.63 bits per heavy atom. The Kier molecular flexibility index (Phi) is 6.98. The summed E-state index contributed by atoms with van der Waals surface area (Å²) in [5.41, 5.74) is 2.02. The van der Waals surface area contributed by atoms with Gasteiger partial charge in [-0.1, -0.05) is 32.9 Å². The molecule has 0 aromatic heterocycles. The number of halogens is 1. The van der Waals surface area contributed by atoms with Crippen LogP contribution in [0.1, 0.15) is 32.4 Å². The van der Waals surface area contributed by atoms with Gasteiger partial charge in [0.2, 0.25) is 5.91 Å². The van der Waals surface area contributed by atoms with Crippen LogP contribution in [0.5, 0.6) is 5.75 Å². The van der Waals surface area contributed by atoms with Crippen molar-refractivity contribution in [2.75, 3.05) is 44.7 Å². The standard InChI is InChI=1S/C24H32FN3O2/c1-24(2,3)23(18-5-7-19(25)8-6-18)26-17-22(29)28-15-13-27(14-16-28)20-9-11-21(30-4)12-10-20/h5-12,23,26H,13-17H2,1-4H3. The van der Waals surface area contributed by atoms with Crippen LogP contribution in [0.15, 0.2) is 48.5 Å². The number of piperazine rings is 1. The third-order valence-corrected chi connectivity index (χ3v) is 5.60. The van der Waals surface area contributed by atoms with Crippen molar-refractivity contribution in [2.24, 2.45) is 5.41 Å². The van der Waals surface area contributed by atoms with Crippen LogP contribution in [0.3, 0.4) is 0 Å². The minimum absolute atomic E-state index is 0.0392. The lowest BCUT2D eigenvalue weighted by atomic mass is 9.82. The molecule has 1 N–H and O–H groups in total. The van der Waals surface area contributed by atoms with E-state index in [1.54, 1.807) is 19.2 Å². The molecule has 0 spiro atoms. The van der Waals surface area contributed by atoms with Crippen molar-refractivity contribution >= 4 is 11.6 Å². The fourth-order valence-electron chi connectivity index (χ4n) is 3.89. The van der Waals surface area contributed by atoms with E-state index in [9.17, 15) is 9.18 Å². The van der Waals surface area contributed by atoms with Crippen LogP contribution >= 0.6 is 0 Å². The van der Waals surface area contributed by atoms with Crippen LogP contribution in [0.4, 0.5) is 10.1 Å². The molecule has 0 radical (unpaired) electrons. The number of methoxy groups -OCH3 is 1. The molecule has 162 valence electrons. The van der Waals surface area contributed by atoms with Crippen molar-refractivity contribution < 1.29 is 13.9 Å². The SMILES string of the molecule is COc1ccc(N2CCN(C(=O)CNC(c3ccc(F)cc3)C(C)(C)C)CC2)cc1. The van der Waals surface area contributed by atoms with Crippen molar-refractivity contribution in [2.45, 2.75) is 26.8 Å². The number of hydrogen-bond acceptors (Lipinski definition) is 4. The maximum absolute atomic E-state index is 13.3. The van der Waals surface area contributed by atoms with Crippen molar-refractivity contribution in [3.8, 4) is 5.75 Å². The van der Waals surface area contributed by atoms with Crippen LogP contribution in [0.2, 0.25) is 0 Å². The van der Waals surface area contributed by atoms with Gasteiger partial charge in [0, 0.05) is 37.9 Å². The lowest BCUT2D eigenvalue weighted by Crippen LogP contribution is -2.51. The monoisotopic (exact) mass is 413 g/mol. The Balaban J connectivity index is 1.54. The van der Waals surface area contributed by atoms with Crippen LogP contribution in [0.25, 0.3) is 0 Å². The number of nitrogens with one attached hydrogen (secondary N) is 1. The lowest BCUT2D eigenvalue weighted by molar-refractivity contribution is -0.130. The first-order chi connectivity index (χ1) is 14.3. The number of carbonyl (C=O) groups is 1. The molecular weight excluding hydrogens is 381 g/mol. The van der Waals surface area contributed by atoms with E-state index < -0.39 is 0 Å². The highest BCUT2D eigenvalue weighted by molar-refractivity contribution is 5.78. The number of hydrogen-bond donors (Lipinski definition) is 1. The molecule has 1 amide bonds. The average Bonchev–Trinajstić information content (AvgIpc) is 2.74. The molecule has 1 atom stereocenters. The zero-order chi connectivity index (χ0) is 21.7. The van der Waals surface area contributed by atoms with E-state index in [4.69, 9.17) is 4.74 Å². The summed E-state index contributed by atoms with van der Waals surface area (Å²) in [6.45, 7) is 9.62. The summed E-state index contributed by atoms with van der Waals surface area (Å²) in [7, 11) is 1.66. The van der Waals surface area contributed by atoms with Crippen LogP contribution in [0, 0.1) is 11.2 Å². The van der Waals surface area contributed by atoms with Gasteiger partial charge in [0.05, 0.1) is 13.7 Å². The van der Waals surface area contributed by atoms with Gasteiger partial charge < -0.3 is 19.9 Å². The molecule has 2 aromatic carbocycles. The smallest absolute Gasteiger partial charge is 0.236 e. The second-order valence-corrected chi connectivity index (χ2v) is 8.80. The summed E-state index contributed by atoms with van der Waals surface area (Å²) in [6, 6.07) is 14.5. The second-order valence-electron chi connectivity index (χ2n) is 8.80. The predicted molar refractivity (Wildman–Crippen MR) is 118 cm³/mol. The molecule has 30 heavy (non-hydrogen) atoms. The number of amides is 1. The van der Waals surface area contributed by atoms with Crippen molar-refractivity contribution in [1.29, 1.82) is 0 Å². The first kappa shape index (κ1) is 22.1. The van der Waals surface area contributed by atoms with Crippen LogP contribution in [-0.2, 0) is 4.79 Å². The molecule has 6 heteroatoms. The number of carbonyl (C=O) groups excluding carboxylic acids is 1. The number of ether oxygens (including phenoxy) is 1. The van der Waals surface area contributed by atoms with Gasteiger partial charge in [0.1, 0.15) is 11.6 Å². The highest BCUT2D eigenvalue weighted by Crippen LogP contribution is 2.32. The van der Waals surface area contributed by atoms with E-state index in [2.05, 4.69) is 43.1 Å². The summed E-state index contributed by atoms with van der Waals surface area (Å²) in [5, 5.41) is 3.41. The topological polar surface area (TPSA) is 44.8 Å². The zero-order valence-corrected chi connectivity index (χ0v) is 18.3. The molecule has 5 nitrogen and oxygen atoms in total. The highest BCUT2D eigenvalue weighted by Gasteiger charge is 2.28. The van der Waals surface area contributed by atoms with Gasteiger partial charge in [-0.2, -0.15) is 0 Å². The summed E-state index contributed by atoms with van der Waals surface area (Å²) < 4.78 is 18.5. The number of anilines is 1. The molecule has 1 aliphatic rings.